The Labute approximate surface area is 361 Å². The van der Waals surface area contributed by atoms with Crippen molar-refractivity contribution in [2.45, 2.75) is 289 Å². The van der Waals surface area contributed by atoms with Gasteiger partial charge in [-0.1, -0.05) is 231 Å². The van der Waals surface area contributed by atoms with Crippen molar-refractivity contribution in [3.8, 4) is 0 Å². The molecule has 0 aliphatic heterocycles. The standard InChI is InChI=1S/C52H99NO5/c1-4-7-10-13-16-19-22-24-25-26-27-28-30-33-36-39-42-45-52(57)58-48(43-40-37-34-31-29-23-20-17-14-11-8-5-2)46-51(56)53-49(47-54)50(55)44-41-38-35-32-21-18-15-12-9-6-3/h8,11,17,20,48-50,54-55H,4-7,9-10,12-16,18-19,21-47H2,1-3H3,(H,53,56)/b11-8+,20-17+. The van der Waals surface area contributed by atoms with E-state index in [1.807, 2.05) is 0 Å². The molecule has 0 aromatic rings. The number of hydrogen-bond acceptors (Lipinski definition) is 5. The molecule has 3 unspecified atom stereocenters. The van der Waals surface area contributed by atoms with Gasteiger partial charge in [-0.15, -0.1) is 0 Å². The Morgan fingerprint density at radius 3 is 1.40 bits per heavy atom. The number of aliphatic hydroxyl groups is 2. The lowest BCUT2D eigenvalue weighted by Crippen LogP contribution is -2.46. The zero-order chi connectivity index (χ0) is 42.4. The SMILES string of the molecule is CC/C=C/C/C=C/CCCCCCCC(CC(=O)NC(CO)C(O)CCCCCCCCCCCC)OC(=O)CCCCCCCCCCCCCCCCCCC. The first-order valence-electron chi connectivity index (χ1n) is 25.6. The summed E-state index contributed by atoms with van der Waals surface area (Å²) >= 11 is 0. The molecule has 0 heterocycles. The van der Waals surface area contributed by atoms with E-state index < -0.39 is 18.2 Å². The number of allylic oxidation sites excluding steroid dienone is 4. The Morgan fingerprint density at radius 2 is 0.931 bits per heavy atom. The summed E-state index contributed by atoms with van der Waals surface area (Å²) in [4.78, 5) is 26.1. The number of nitrogens with one attached hydrogen (secondary N) is 1. The predicted octanol–water partition coefficient (Wildman–Crippen LogP) is 15.1. The van der Waals surface area contributed by atoms with Crippen LogP contribution in [0.3, 0.4) is 0 Å². The third kappa shape index (κ3) is 41.1. The summed E-state index contributed by atoms with van der Waals surface area (Å²) in [7, 11) is 0. The second-order valence-corrected chi connectivity index (χ2v) is 17.5. The largest absolute Gasteiger partial charge is 0.462 e. The van der Waals surface area contributed by atoms with Crippen LogP contribution in [0.4, 0.5) is 0 Å². The van der Waals surface area contributed by atoms with Crippen LogP contribution in [0.25, 0.3) is 0 Å². The van der Waals surface area contributed by atoms with Crippen molar-refractivity contribution in [3.05, 3.63) is 24.3 Å². The van der Waals surface area contributed by atoms with Crippen molar-refractivity contribution in [2.75, 3.05) is 6.61 Å². The Balaban J connectivity index is 4.50. The lowest BCUT2D eigenvalue weighted by atomic mass is 10.0. The number of aliphatic hydroxyl groups excluding tert-OH is 2. The van der Waals surface area contributed by atoms with Crippen LogP contribution in [0.1, 0.15) is 271 Å². The Morgan fingerprint density at radius 1 is 0.517 bits per heavy atom. The summed E-state index contributed by atoms with van der Waals surface area (Å²) in [6.45, 7) is 6.38. The molecule has 0 rings (SSSR count). The quantitative estimate of drug-likeness (QED) is 0.0323. The molecule has 0 saturated carbocycles. The molecule has 0 radical (unpaired) electrons. The number of unbranched alkanes of at least 4 members (excludes halogenated alkanes) is 30. The van der Waals surface area contributed by atoms with Crippen molar-refractivity contribution >= 4 is 11.9 Å². The predicted molar refractivity (Wildman–Crippen MR) is 250 cm³/mol. The summed E-state index contributed by atoms with van der Waals surface area (Å²) in [5.41, 5.74) is 0. The van der Waals surface area contributed by atoms with Gasteiger partial charge in [-0.25, -0.2) is 0 Å². The van der Waals surface area contributed by atoms with E-state index in [9.17, 15) is 19.8 Å². The highest BCUT2D eigenvalue weighted by Crippen LogP contribution is 2.18. The molecule has 3 N–H and O–H groups in total. The normalized spacial score (nSPS) is 13.4. The molecule has 0 aliphatic carbocycles. The summed E-state index contributed by atoms with van der Waals surface area (Å²) in [6, 6.07) is -0.700. The van der Waals surface area contributed by atoms with Gasteiger partial charge in [0.15, 0.2) is 0 Å². The van der Waals surface area contributed by atoms with Crippen molar-refractivity contribution in [3.63, 3.8) is 0 Å². The van der Waals surface area contributed by atoms with Crippen molar-refractivity contribution < 1.29 is 24.5 Å². The molecule has 6 heteroatoms. The zero-order valence-corrected chi connectivity index (χ0v) is 38.9. The van der Waals surface area contributed by atoms with E-state index in [4.69, 9.17) is 4.74 Å². The number of hydrogen-bond donors (Lipinski definition) is 3. The fourth-order valence-corrected chi connectivity index (χ4v) is 7.94. The molecular formula is C52H99NO5. The molecule has 58 heavy (non-hydrogen) atoms. The molecule has 0 aromatic heterocycles. The fraction of sp³-hybridized carbons (Fsp3) is 0.885. The molecule has 0 saturated heterocycles. The van der Waals surface area contributed by atoms with Crippen molar-refractivity contribution in [1.82, 2.24) is 5.32 Å². The molecule has 0 fully saturated rings. The Kier molecular flexibility index (Phi) is 45.1. The van der Waals surface area contributed by atoms with Gasteiger partial charge in [0.05, 0.1) is 25.2 Å². The fourth-order valence-electron chi connectivity index (χ4n) is 7.94. The van der Waals surface area contributed by atoms with Crippen LogP contribution in [0.5, 0.6) is 0 Å². The van der Waals surface area contributed by atoms with E-state index in [1.54, 1.807) is 0 Å². The van der Waals surface area contributed by atoms with E-state index in [1.165, 1.54) is 148 Å². The number of rotatable bonds is 46. The number of amides is 1. The maximum absolute atomic E-state index is 13.2. The van der Waals surface area contributed by atoms with Crippen LogP contribution in [-0.4, -0.2) is 46.9 Å². The number of carbonyl (C=O) groups excluding carboxylic acids is 2. The second kappa shape index (κ2) is 46.4. The van der Waals surface area contributed by atoms with E-state index in [0.717, 1.165) is 77.0 Å². The van der Waals surface area contributed by atoms with Crippen LogP contribution in [0.2, 0.25) is 0 Å². The molecule has 1 amide bonds. The zero-order valence-electron chi connectivity index (χ0n) is 38.9. The molecule has 3 atom stereocenters. The first kappa shape index (κ1) is 56.3. The molecule has 0 bridgehead atoms. The van der Waals surface area contributed by atoms with Gasteiger partial charge >= 0.3 is 5.97 Å². The first-order valence-corrected chi connectivity index (χ1v) is 25.6. The van der Waals surface area contributed by atoms with E-state index in [-0.39, 0.29) is 24.9 Å². The van der Waals surface area contributed by atoms with E-state index in [2.05, 4.69) is 50.4 Å². The first-order chi connectivity index (χ1) is 28.5. The summed E-state index contributed by atoms with van der Waals surface area (Å²) in [6.07, 6.45) is 52.4. The highest BCUT2D eigenvalue weighted by atomic mass is 16.5. The molecule has 0 aliphatic rings. The minimum atomic E-state index is -0.786. The molecule has 0 spiro atoms. The minimum Gasteiger partial charge on any atom is -0.462 e. The van der Waals surface area contributed by atoms with Crippen LogP contribution >= 0.6 is 0 Å². The Hall–Kier alpha value is -1.66. The van der Waals surface area contributed by atoms with Gasteiger partial charge < -0.3 is 20.3 Å². The average molecular weight is 818 g/mol. The minimum absolute atomic E-state index is 0.0730. The summed E-state index contributed by atoms with van der Waals surface area (Å²) in [5.74, 6) is -0.476. The lowest BCUT2D eigenvalue weighted by Gasteiger charge is -2.24. The number of esters is 1. The van der Waals surface area contributed by atoms with Gasteiger partial charge in [-0.05, 0) is 51.4 Å². The summed E-state index contributed by atoms with van der Waals surface area (Å²) in [5, 5.41) is 23.7. The van der Waals surface area contributed by atoms with Gasteiger partial charge in [-0.3, -0.25) is 9.59 Å². The highest BCUT2D eigenvalue weighted by Gasteiger charge is 2.24. The highest BCUT2D eigenvalue weighted by molar-refractivity contribution is 5.77. The average Bonchev–Trinajstić information content (AvgIpc) is 3.22. The monoisotopic (exact) mass is 818 g/mol. The number of carbonyl (C=O) groups is 2. The lowest BCUT2D eigenvalue weighted by molar-refractivity contribution is -0.151. The van der Waals surface area contributed by atoms with Crippen LogP contribution in [0, 0.1) is 0 Å². The maximum atomic E-state index is 13.2. The third-order valence-corrected chi connectivity index (χ3v) is 11.8. The van der Waals surface area contributed by atoms with E-state index in [0.29, 0.717) is 19.3 Å². The van der Waals surface area contributed by atoms with Gasteiger partial charge in [0.2, 0.25) is 5.91 Å². The van der Waals surface area contributed by atoms with Crippen molar-refractivity contribution in [2.24, 2.45) is 0 Å². The maximum Gasteiger partial charge on any atom is 0.306 e. The third-order valence-electron chi connectivity index (χ3n) is 11.8. The molecular weight excluding hydrogens is 719 g/mol. The summed E-state index contributed by atoms with van der Waals surface area (Å²) < 4.78 is 5.93. The van der Waals surface area contributed by atoms with Gasteiger partial charge in [0, 0.05) is 6.42 Å². The van der Waals surface area contributed by atoms with Crippen molar-refractivity contribution in [1.29, 1.82) is 0 Å². The molecule has 342 valence electrons. The molecule has 6 nitrogen and oxygen atoms in total. The van der Waals surface area contributed by atoms with Gasteiger partial charge in [0.25, 0.3) is 0 Å². The smallest absolute Gasteiger partial charge is 0.306 e. The van der Waals surface area contributed by atoms with Gasteiger partial charge in [-0.2, -0.15) is 0 Å². The van der Waals surface area contributed by atoms with Crippen LogP contribution in [0.15, 0.2) is 24.3 Å². The number of ether oxygens (including phenoxy) is 1. The van der Waals surface area contributed by atoms with Crippen LogP contribution < -0.4 is 5.32 Å². The second-order valence-electron chi connectivity index (χ2n) is 17.5. The van der Waals surface area contributed by atoms with Crippen LogP contribution in [-0.2, 0) is 14.3 Å². The van der Waals surface area contributed by atoms with Gasteiger partial charge in [0.1, 0.15) is 6.10 Å². The topological polar surface area (TPSA) is 95.9 Å². The van der Waals surface area contributed by atoms with E-state index >= 15 is 0 Å². The Bertz CT molecular complexity index is 919. The molecule has 0 aromatic carbocycles.